The van der Waals surface area contributed by atoms with Crippen molar-refractivity contribution in [3.63, 3.8) is 0 Å². The molecule has 1 aromatic rings. The van der Waals surface area contributed by atoms with E-state index in [9.17, 15) is 4.79 Å². The van der Waals surface area contributed by atoms with E-state index >= 15 is 0 Å². The van der Waals surface area contributed by atoms with E-state index in [0.29, 0.717) is 17.3 Å². The SMILES string of the molecule is NC(=O)c1cc(N)ccc1NC(C1CC1)C1CC1. The van der Waals surface area contributed by atoms with Gasteiger partial charge in [0.2, 0.25) is 0 Å². The minimum absolute atomic E-state index is 0.421. The van der Waals surface area contributed by atoms with E-state index in [1.807, 2.05) is 12.1 Å². The van der Waals surface area contributed by atoms with Gasteiger partial charge in [-0.25, -0.2) is 0 Å². The number of nitrogens with two attached hydrogens (primary N) is 2. The van der Waals surface area contributed by atoms with Crippen LogP contribution in [0.15, 0.2) is 18.2 Å². The van der Waals surface area contributed by atoms with Crippen molar-refractivity contribution in [3.05, 3.63) is 23.8 Å². The Morgan fingerprint density at radius 1 is 1.22 bits per heavy atom. The molecule has 0 aromatic heterocycles. The molecule has 0 aliphatic heterocycles. The summed E-state index contributed by atoms with van der Waals surface area (Å²) in [6, 6.07) is 5.84. The Balaban J connectivity index is 1.84. The van der Waals surface area contributed by atoms with Crippen LogP contribution in [0.1, 0.15) is 36.0 Å². The van der Waals surface area contributed by atoms with Gasteiger partial charge in [0.15, 0.2) is 0 Å². The van der Waals surface area contributed by atoms with E-state index in [1.54, 1.807) is 6.07 Å². The van der Waals surface area contributed by atoms with Crippen molar-refractivity contribution in [1.82, 2.24) is 0 Å². The van der Waals surface area contributed by atoms with Gasteiger partial charge in [-0.3, -0.25) is 4.79 Å². The summed E-state index contributed by atoms with van der Waals surface area (Å²) >= 11 is 0. The smallest absolute Gasteiger partial charge is 0.250 e. The third kappa shape index (κ3) is 2.28. The molecule has 0 atom stereocenters. The molecule has 0 unspecified atom stereocenters. The van der Waals surface area contributed by atoms with E-state index in [-0.39, 0.29) is 0 Å². The zero-order valence-corrected chi connectivity index (χ0v) is 10.4. The van der Waals surface area contributed by atoms with Gasteiger partial charge in [-0.15, -0.1) is 0 Å². The van der Waals surface area contributed by atoms with E-state index < -0.39 is 5.91 Å². The zero-order valence-electron chi connectivity index (χ0n) is 10.4. The van der Waals surface area contributed by atoms with Gasteiger partial charge in [-0.2, -0.15) is 0 Å². The van der Waals surface area contributed by atoms with Crippen molar-refractivity contribution in [1.29, 1.82) is 0 Å². The van der Waals surface area contributed by atoms with Crippen LogP contribution in [0.25, 0.3) is 0 Å². The van der Waals surface area contributed by atoms with E-state index in [1.165, 1.54) is 25.7 Å². The zero-order chi connectivity index (χ0) is 12.7. The first-order valence-electron chi connectivity index (χ1n) is 6.61. The van der Waals surface area contributed by atoms with Gasteiger partial charge in [-0.1, -0.05) is 0 Å². The molecule has 5 N–H and O–H groups in total. The summed E-state index contributed by atoms with van der Waals surface area (Å²) in [4.78, 5) is 11.5. The standard InChI is InChI=1S/C14H19N3O/c15-10-5-6-12(11(7-10)14(16)18)17-13(8-1-2-8)9-3-4-9/h5-9,13,17H,1-4,15H2,(H2,16,18). The second-order valence-electron chi connectivity index (χ2n) is 5.51. The minimum atomic E-state index is -0.421. The van der Waals surface area contributed by atoms with Crippen molar-refractivity contribution < 1.29 is 4.79 Å². The molecule has 1 aromatic carbocycles. The average molecular weight is 245 g/mol. The second kappa shape index (κ2) is 4.19. The van der Waals surface area contributed by atoms with Gasteiger partial charge in [0, 0.05) is 17.4 Å². The summed E-state index contributed by atoms with van der Waals surface area (Å²) in [6.45, 7) is 0. The number of primary amides is 1. The van der Waals surface area contributed by atoms with Crippen molar-refractivity contribution in [2.24, 2.45) is 17.6 Å². The Kier molecular flexibility index (Phi) is 2.65. The summed E-state index contributed by atoms with van der Waals surface area (Å²) in [5.41, 5.74) is 13.0. The van der Waals surface area contributed by atoms with Crippen LogP contribution in [0.4, 0.5) is 11.4 Å². The molecule has 2 fully saturated rings. The Morgan fingerprint density at radius 3 is 2.33 bits per heavy atom. The Morgan fingerprint density at radius 2 is 1.83 bits per heavy atom. The van der Waals surface area contributed by atoms with Gasteiger partial charge in [0.05, 0.1) is 5.56 Å². The lowest BCUT2D eigenvalue weighted by Crippen LogP contribution is -2.26. The Hall–Kier alpha value is -1.71. The lowest BCUT2D eigenvalue weighted by molar-refractivity contribution is 0.100. The topological polar surface area (TPSA) is 81.1 Å². The molecule has 0 bridgehead atoms. The fourth-order valence-corrected chi connectivity index (χ4v) is 2.60. The van der Waals surface area contributed by atoms with Gasteiger partial charge in [-0.05, 0) is 55.7 Å². The quantitative estimate of drug-likeness (QED) is 0.694. The number of carbonyl (C=O) groups excluding carboxylic acids is 1. The van der Waals surface area contributed by atoms with Crippen molar-refractivity contribution >= 4 is 17.3 Å². The van der Waals surface area contributed by atoms with Crippen LogP contribution in [-0.2, 0) is 0 Å². The van der Waals surface area contributed by atoms with Crippen LogP contribution >= 0.6 is 0 Å². The lowest BCUT2D eigenvalue weighted by Gasteiger charge is -2.20. The molecule has 96 valence electrons. The Labute approximate surface area is 107 Å². The van der Waals surface area contributed by atoms with Crippen LogP contribution in [0.5, 0.6) is 0 Å². The fourth-order valence-electron chi connectivity index (χ4n) is 2.60. The number of carbonyl (C=O) groups is 1. The largest absolute Gasteiger partial charge is 0.399 e. The van der Waals surface area contributed by atoms with Gasteiger partial charge >= 0.3 is 0 Å². The highest BCUT2D eigenvalue weighted by molar-refractivity contribution is 5.99. The maximum Gasteiger partial charge on any atom is 0.250 e. The molecule has 4 nitrogen and oxygen atoms in total. The van der Waals surface area contributed by atoms with E-state index in [0.717, 1.165) is 17.5 Å². The normalized spacial score (nSPS) is 18.9. The minimum Gasteiger partial charge on any atom is -0.399 e. The number of hydrogen-bond donors (Lipinski definition) is 3. The predicted octanol–water partition coefficient (Wildman–Crippen LogP) is 1.97. The van der Waals surface area contributed by atoms with Crippen molar-refractivity contribution in [3.8, 4) is 0 Å². The molecular formula is C14H19N3O. The van der Waals surface area contributed by atoms with Crippen molar-refractivity contribution in [2.45, 2.75) is 31.7 Å². The van der Waals surface area contributed by atoms with Gasteiger partial charge < -0.3 is 16.8 Å². The van der Waals surface area contributed by atoms with Crippen LogP contribution in [0.3, 0.4) is 0 Å². The third-order valence-corrected chi connectivity index (χ3v) is 3.89. The van der Waals surface area contributed by atoms with Gasteiger partial charge in [0.25, 0.3) is 5.91 Å². The molecule has 0 radical (unpaired) electrons. The number of hydrogen-bond acceptors (Lipinski definition) is 3. The molecular weight excluding hydrogens is 226 g/mol. The van der Waals surface area contributed by atoms with Crippen molar-refractivity contribution in [2.75, 3.05) is 11.1 Å². The predicted molar refractivity (Wildman–Crippen MR) is 72.2 cm³/mol. The molecule has 1 amide bonds. The molecule has 4 heteroatoms. The summed E-state index contributed by atoms with van der Waals surface area (Å²) in [7, 11) is 0. The molecule has 0 heterocycles. The molecule has 3 rings (SSSR count). The van der Waals surface area contributed by atoms with E-state index in [2.05, 4.69) is 5.32 Å². The molecule has 0 spiro atoms. The molecule has 0 saturated heterocycles. The third-order valence-electron chi connectivity index (χ3n) is 3.89. The number of amides is 1. The first-order valence-corrected chi connectivity index (χ1v) is 6.61. The fraction of sp³-hybridized carbons (Fsp3) is 0.500. The first-order chi connectivity index (χ1) is 8.65. The Bertz CT molecular complexity index is 466. The molecule has 2 saturated carbocycles. The summed E-state index contributed by atoms with van der Waals surface area (Å²) in [6.07, 6.45) is 5.20. The number of nitrogen functional groups attached to an aromatic ring is 1. The van der Waals surface area contributed by atoms with Crippen LogP contribution in [-0.4, -0.2) is 11.9 Å². The van der Waals surface area contributed by atoms with E-state index in [4.69, 9.17) is 11.5 Å². The second-order valence-corrected chi connectivity index (χ2v) is 5.51. The summed E-state index contributed by atoms with van der Waals surface area (Å²) in [5.74, 6) is 1.13. The number of benzene rings is 1. The van der Waals surface area contributed by atoms with Crippen LogP contribution in [0, 0.1) is 11.8 Å². The highest BCUT2D eigenvalue weighted by Crippen LogP contribution is 2.46. The van der Waals surface area contributed by atoms with Crippen LogP contribution in [0.2, 0.25) is 0 Å². The highest BCUT2D eigenvalue weighted by atomic mass is 16.1. The number of rotatable bonds is 5. The summed E-state index contributed by atoms with van der Waals surface area (Å²) < 4.78 is 0. The molecule has 18 heavy (non-hydrogen) atoms. The average Bonchev–Trinajstić information content (AvgIpc) is 3.19. The first kappa shape index (κ1) is 11.4. The molecule has 2 aliphatic carbocycles. The maximum atomic E-state index is 11.5. The highest BCUT2D eigenvalue weighted by Gasteiger charge is 2.41. The van der Waals surface area contributed by atoms with Gasteiger partial charge in [0.1, 0.15) is 0 Å². The maximum absolute atomic E-state index is 11.5. The number of anilines is 2. The summed E-state index contributed by atoms with van der Waals surface area (Å²) in [5, 5.41) is 3.52. The molecule has 2 aliphatic rings. The monoisotopic (exact) mass is 245 g/mol. The number of nitrogens with one attached hydrogen (secondary N) is 1. The van der Waals surface area contributed by atoms with Crippen LogP contribution < -0.4 is 16.8 Å². The lowest BCUT2D eigenvalue weighted by atomic mass is 10.0.